The second-order valence-corrected chi connectivity index (χ2v) is 7.81. The summed E-state index contributed by atoms with van der Waals surface area (Å²) in [5, 5.41) is 0. The van der Waals surface area contributed by atoms with E-state index in [9.17, 15) is 31.1 Å². The Kier molecular flexibility index (Phi) is 6.24. The number of carbonyl (C=O) groups is 1. The molecule has 0 spiro atoms. The van der Waals surface area contributed by atoms with Gasteiger partial charge in [0.05, 0.1) is 8.30 Å². The van der Waals surface area contributed by atoms with Gasteiger partial charge in [0, 0.05) is 16.9 Å². The lowest BCUT2D eigenvalue weighted by molar-refractivity contribution is -0.138. The number of rotatable bonds is 6. The molecule has 0 bridgehead atoms. The number of nitrogen functional groups attached to an aromatic ring is 2. The molecule has 196 valence electrons. The molecule has 0 heterocycles. The first kappa shape index (κ1) is 23.7. The van der Waals surface area contributed by atoms with Gasteiger partial charge in [-0.05, 0) is 36.4 Å². The highest BCUT2D eigenvalue weighted by Gasteiger charge is 2.39. The van der Waals surface area contributed by atoms with Crippen molar-refractivity contribution in [2.45, 2.75) is 12.4 Å². The van der Waals surface area contributed by atoms with Crippen molar-refractivity contribution in [1.29, 1.82) is 0 Å². The van der Waals surface area contributed by atoms with E-state index in [0.717, 1.165) is 48.5 Å². The molecule has 0 aromatic heterocycles. The molecule has 11 heteroatoms. The van der Waals surface area contributed by atoms with Crippen LogP contribution >= 0.6 is 0 Å². The van der Waals surface area contributed by atoms with Crippen LogP contribution in [0.4, 0.5) is 37.7 Å². The summed E-state index contributed by atoms with van der Waals surface area (Å²) in [6.45, 7) is 0. The van der Waals surface area contributed by atoms with E-state index in [4.69, 9.17) is 23.7 Å². The molecule has 4 aromatic rings. The van der Waals surface area contributed by atoms with E-state index < -0.39 is 75.2 Å². The molecule has 0 unspecified atom stereocenters. The molecular formula is C27H18F6N2O3. The summed E-state index contributed by atoms with van der Waals surface area (Å²) in [6.07, 6.45) is -10.0. The second kappa shape index (κ2) is 10.0. The quantitative estimate of drug-likeness (QED) is 0.150. The summed E-state index contributed by atoms with van der Waals surface area (Å²) in [5.74, 6) is -4.14. The minimum Gasteiger partial charge on any atom is -0.453 e. The van der Waals surface area contributed by atoms with E-state index in [1.807, 2.05) is 0 Å². The lowest BCUT2D eigenvalue weighted by Gasteiger charge is -2.21. The van der Waals surface area contributed by atoms with Crippen molar-refractivity contribution in [2.75, 3.05) is 11.5 Å². The highest BCUT2D eigenvalue weighted by Crippen LogP contribution is 2.47. The molecule has 0 atom stereocenters. The van der Waals surface area contributed by atoms with Gasteiger partial charge in [0.2, 0.25) is 0 Å². The smallest absolute Gasteiger partial charge is 0.421 e. The van der Waals surface area contributed by atoms with Crippen molar-refractivity contribution in [1.82, 2.24) is 0 Å². The average Bonchev–Trinajstić information content (AvgIpc) is 2.85. The van der Waals surface area contributed by atoms with Crippen LogP contribution < -0.4 is 20.9 Å². The van der Waals surface area contributed by atoms with Crippen molar-refractivity contribution in [2.24, 2.45) is 0 Å². The van der Waals surface area contributed by atoms with E-state index in [1.165, 1.54) is 24.3 Å². The largest absolute Gasteiger partial charge is 0.453 e. The minimum absolute atomic E-state index is 0.0203. The van der Waals surface area contributed by atoms with Crippen LogP contribution in [0, 0.1) is 0 Å². The summed E-state index contributed by atoms with van der Waals surface area (Å²) in [5.41, 5.74) is 6.38. The van der Waals surface area contributed by atoms with Gasteiger partial charge in [-0.1, -0.05) is 48.5 Å². The molecule has 38 heavy (non-hydrogen) atoms. The molecule has 0 amide bonds. The Balaban J connectivity index is 1.97. The molecule has 0 saturated heterocycles. The fourth-order valence-corrected chi connectivity index (χ4v) is 3.61. The number of para-hydroxylation sites is 1. The monoisotopic (exact) mass is 534 g/mol. The van der Waals surface area contributed by atoms with Gasteiger partial charge in [-0.3, -0.25) is 4.79 Å². The Morgan fingerprint density at radius 1 is 0.684 bits per heavy atom. The molecule has 0 saturated carbocycles. The SMILES string of the molecule is [2H]c1ccc(C(=O)c2ccc([2H])c(Oc3cccc(N)c3C(F)(F)F)c2Oc2cccc(N)c2C(F)(F)F)cc1. The van der Waals surface area contributed by atoms with Crippen LogP contribution in [0.2, 0.25) is 0 Å². The molecule has 0 aliphatic rings. The zero-order chi connectivity index (χ0) is 29.4. The van der Waals surface area contributed by atoms with Crippen molar-refractivity contribution < 1.29 is 43.4 Å². The number of nitrogens with two attached hydrogens (primary N) is 2. The predicted molar refractivity (Wildman–Crippen MR) is 128 cm³/mol. The normalized spacial score (nSPS) is 12.5. The fraction of sp³-hybridized carbons (Fsp3) is 0.0741. The summed E-state index contributed by atoms with van der Waals surface area (Å²) < 4.78 is 110. The number of anilines is 2. The number of hydrogen-bond acceptors (Lipinski definition) is 5. The van der Waals surface area contributed by atoms with Gasteiger partial charge in [0.25, 0.3) is 0 Å². The van der Waals surface area contributed by atoms with E-state index >= 15 is 0 Å². The maximum absolute atomic E-state index is 13.9. The highest BCUT2D eigenvalue weighted by atomic mass is 19.4. The third kappa shape index (κ3) is 5.36. The van der Waals surface area contributed by atoms with E-state index in [-0.39, 0.29) is 11.6 Å². The van der Waals surface area contributed by atoms with Crippen LogP contribution in [-0.2, 0) is 12.4 Å². The van der Waals surface area contributed by atoms with Gasteiger partial charge in [0.1, 0.15) is 22.6 Å². The number of hydrogen-bond donors (Lipinski definition) is 2. The Labute approximate surface area is 215 Å². The number of ketones is 1. The third-order valence-corrected chi connectivity index (χ3v) is 5.25. The second-order valence-electron chi connectivity index (χ2n) is 7.81. The van der Waals surface area contributed by atoms with Crippen LogP contribution in [0.3, 0.4) is 0 Å². The number of alkyl halides is 6. The lowest BCUT2D eigenvalue weighted by atomic mass is 10.0. The maximum atomic E-state index is 13.9. The standard InChI is InChI=1S/C27H18F6N2O3/c28-26(29,30)22-17(34)10-5-12-19(22)37-21-14-4-9-16(24(36)15-7-2-1-3-8-15)25(21)38-20-13-6-11-18(35)23(20)27(31,32)33/h1-14H,34-35H2/i1D,14D. The Bertz CT molecular complexity index is 1590. The highest BCUT2D eigenvalue weighted by molar-refractivity contribution is 6.11. The summed E-state index contributed by atoms with van der Waals surface area (Å²) in [4.78, 5) is 13.4. The third-order valence-electron chi connectivity index (χ3n) is 5.25. The van der Waals surface area contributed by atoms with Gasteiger partial charge >= 0.3 is 12.4 Å². The Morgan fingerprint density at radius 2 is 1.21 bits per heavy atom. The summed E-state index contributed by atoms with van der Waals surface area (Å²) in [7, 11) is 0. The zero-order valence-electron chi connectivity index (χ0n) is 21.1. The van der Waals surface area contributed by atoms with Crippen molar-refractivity contribution in [3.05, 3.63) is 107 Å². The van der Waals surface area contributed by atoms with Gasteiger partial charge in [-0.2, -0.15) is 26.3 Å². The first-order chi connectivity index (χ1) is 18.7. The first-order valence-corrected chi connectivity index (χ1v) is 10.7. The molecule has 0 fully saturated rings. The minimum atomic E-state index is -5.02. The van der Waals surface area contributed by atoms with Crippen LogP contribution in [0.25, 0.3) is 0 Å². The zero-order valence-corrected chi connectivity index (χ0v) is 19.1. The molecule has 5 nitrogen and oxygen atoms in total. The van der Waals surface area contributed by atoms with Crippen LogP contribution in [0.1, 0.15) is 29.8 Å². The van der Waals surface area contributed by atoms with E-state index in [1.54, 1.807) is 0 Å². The number of ether oxygens (including phenoxy) is 2. The first-order valence-electron chi connectivity index (χ1n) is 11.7. The molecule has 0 radical (unpaired) electrons. The van der Waals surface area contributed by atoms with E-state index in [0.29, 0.717) is 0 Å². The average molecular weight is 534 g/mol. The number of carbonyl (C=O) groups excluding carboxylic acids is 1. The maximum Gasteiger partial charge on any atom is 0.421 e. The van der Waals surface area contributed by atoms with Crippen LogP contribution in [0.5, 0.6) is 23.0 Å². The van der Waals surface area contributed by atoms with E-state index in [2.05, 4.69) is 0 Å². The van der Waals surface area contributed by atoms with Crippen molar-refractivity contribution in [3.8, 4) is 23.0 Å². The van der Waals surface area contributed by atoms with Crippen molar-refractivity contribution >= 4 is 17.2 Å². The molecule has 4 N–H and O–H groups in total. The molecule has 0 aliphatic heterocycles. The molecule has 4 rings (SSSR count). The Morgan fingerprint density at radius 3 is 1.74 bits per heavy atom. The summed E-state index contributed by atoms with van der Waals surface area (Å²) in [6, 6.07) is 12.6. The van der Waals surface area contributed by atoms with Crippen LogP contribution in [0.15, 0.2) is 84.9 Å². The Hall–Kier alpha value is -4.67. The van der Waals surface area contributed by atoms with Gasteiger partial charge < -0.3 is 20.9 Å². The fourth-order valence-electron chi connectivity index (χ4n) is 3.61. The van der Waals surface area contributed by atoms with Crippen LogP contribution in [-0.4, -0.2) is 5.78 Å². The lowest BCUT2D eigenvalue weighted by Crippen LogP contribution is -2.12. The van der Waals surface area contributed by atoms with Gasteiger partial charge in [-0.25, -0.2) is 0 Å². The summed E-state index contributed by atoms with van der Waals surface area (Å²) >= 11 is 0. The predicted octanol–water partition coefficient (Wildman–Crippen LogP) is 7.70. The van der Waals surface area contributed by atoms with Gasteiger partial charge in [-0.15, -0.1) is 0 Å². The molecular weight excluding hydrogens is 514 g/mol. The molecule has 4 aromatic carbocycles. The van der Waals surface area contributed by atoms with Gasteiger partial charge in [0.15, 0.2) is 17.3 Å². The topological polar surface area (TPSA) is 87.6 Å². The number of halogens is 6. The number of benzene rings is 4. The molecule has 0 aliphatic carbocycles. The van der Waals surface area contributed by atoms with Crippen molar-refractivity contribution in [3.63, 3.8) is 0 Å².